The van der Waals surface area contributed by atoms with Gasteiger partial charge in [-0.15, -0.1) is 0 Å². The minimum absolute atomic E-state index is 0.122. The Hall–Kier alpha value is -2.26. The highest BCUT2D eigenvalue weighted by molar-refractivity contribution is 7.89. The quantitative estimate of drug-likeness (QED) is 0.741. The molecule has 0 saturated heterocycles. The van der Waals surface area contributed by atoms with Crippen LogP contribution in [-0.4, -0.2) is 37.0 Å². The predicted octanol–water partition coefficient (Wildman–Crippen LogP) is -0.581. The number of imide groups is 1. The molecule has 0 saturated carbocycles. The Labute approximate surface area is 114 Å². The second kappa shape index (κ2) is 5.02. The van der Waals surface area contributed by atoms with Crippen molar-refractivity contribution in [2.75, 3.05) is 5.75 Å². The lowest BCUT2D eigenvalue weighted by Crippen LogP contribution is -2.33. The van der Waals surface area contributed by atoms with E-state index in [0.717, 1.165) is 0 Å². The van der Waals surface area contributed by atoms with Crippen LogP contribution in [-0.2, 0) is 19.7 Å². The number of nitrogens with zero attached hydrogens (tertiary/aromatic N) is 1. The Balaban J connectivity index is 2.07. The molecule has 106 valence electrons. The van der Waals surface area contributed by atoms with Crippen molar-refractivity contribution in [3.63, 3.8) is 0 Å². The van der Waals surface area contributed by atoms with Crippen molar-refractivity contribution >= 4 is 27.8 Å². The fraction of sp³-hybridized carbons (Fsp3) is 0.182. The van der Waals surface area contributed by atoms with E-state index in [1.54, 1.807) is 12.1 Å². The van der Waals surface area contributed by atoms with Gasteiger partial charge in [-0.05, 0) is 12.1 Å². The average molecular weight is 298 g/mol. The lowest BCUT2D eigenvalue weighted by Gasteiger charge is -2.12. The summed E-state index contributed by atoms with van der Waals surface area (Å²) in [4.78, 5) is 39.6. The summed E-state index contributed by atoms with van der Waals surface area (Å²) in [5, 5.41) is 5.05. The zero-order valence-corrected chi connectivity index (χ0v) is 10.9. The van der Waals surface area contributed by atoms with Crippen LogP contribution in [0.25, 0.3) is 0 Å². The van der Waals surface area contributed by atoms with Gasteiger partial charge in [0.15, 0.2) is 0 Å². The van der Waals surface area contributed by atoms with E-state index in [1.165, 1.54) is 12.1 Å². The van der Waals surface area contributed by atoms with Crippen LogP contribution in [0.2, 0.25) is 0 Å². The Morgan fingerprint density at radius 2 is 1.65 bits per heavy atom. The van der Waals surface area contributed by atoms with Crippen LogP contribution in [0.5, 0.6) is 0 Å². The van der Waals surface area contributed by atoms with Gasteiger partial charge < -0.3 is 4.84 Å². The van der Waals surface area contributed by atoms with Crippen molar-refractivity contribution in [3.8, 4) is 0 Å². The molecule has 0 atom stereocenters. The summed E-state index contributed by atoms with van der Waals surface area (Å²) in [6.07, 6.45) is -0.549. The highest BCUT2D eigenvalue weighted by Gasteiger charge is 2.38. The molecule has 8 nitrogen and oxygen atoms in total. The van der Waals surface area contributed by atoms with Crippen molar-refractivity contribution in [1.82, 2.24) is 5.06 Å². The summed E-state index contributed by atoms with van der Waals surface area (Å²) in [6.45, 7) is 0. The maximum atomic E-state index is 11.8. The third kappa shape index (κ3) is 2.83. The number of primary sulfonamides is 1. The topological polar surface area (TPSA) is 124 Å². The number of nitrogens with two attached hydrogens (primary N) is 1. The van der Waals surface area contributed by atoms with Gasteiger partial charge in [0.2, 0.25) is 10.0 Å². The number of hydrogen-bond donors (Lipinski definition) is 1. The zero-order chi connectivity index (χ0) is 14.9. The monoisotopic (exact) mass is 298 g/mol. The third-order valence-corrected chi connectivity index (χ3v) is 3.31. The number of hydroxylamine groups is 2. The summed E-state index contributed by atoms with van der Waals surface area (Å²) in [5.41, 5.74) is 0.244. The molecular weight excluding hydrogens is 288 g/mol. The maximum Gasteiger partial charge on any atom is 0.334 e. The molecule has 0 radical (unpaired) electrons. The van der Waals surface area contributed by atoms with Gasteiger partial charge >= 0.3 is 5.97 Å². The highest BCUT2D eigenvalue weighted by Crippen LogP contribution is 2.22. The normalized spacial score (nSPS) is 14.3. The number of carbonyl (C=O) groups is 3. The van der Waals surface area contributed by atoms with Crippen LogP contribution in [0.4, 0.5) is 0 Å². The molecule has 0 aliphatic carbocycles. The molecule has 1 aromatic rings. The number of rotatable bonds is 4. The molecule has 9 heteroatoms. The van der Waals surface area contributed by atoms with E-state index in [9.17, 15) is 22.8 Å². The Morgan fingerprint density at radius 3 is 2.10 bits per heavy atom. The lowest BCUT2D eigenvalue weighted by atomic mass is 10.1. The minimum atomic E-state index is -3.82. The summed E-state index contributed by atoms with van der Waals surface area (Å²) >= 11 is 0. The Morgan fingerprint density at radius 1 is 1.15 bits per heavy atom. The van der Waals surface area contributed by atoms with Crippen LogP contribution in [0.3, 0.4) is 0 Å². The number of benzene rings is 1. The summed E-state index contributed by atoms with van der Waals surface area (Å²) in [7, 11) is -3.82. The molecule has 0 aromatic heterocycles. The third-order valence-electron chi connectivity index (χ3n) is 2.54. The average Bonchev–Trinajstić information content (AvgIpc) is 2.62. The fourth-order valence-corrected chi connectivity index (χ4v) is 2.07. The molecule has 0 fully saturated rings. The van der Waals surface area contributed by atoms with Crippen molar-refractivity contribution < 1.29 is 27.6 Å². The standard InChI is InChI=1S/C11H10N2O6S/c12-20(17,18)6-5-9(14)19-13-10(15)7-3-1-2-4-8(7)11(13)16/h1-4H,5-6H2,(H2,12,17,18). The number of hydrogen-bond acceptors (Lipinski definition) is 6. The number of carbonyl (C=O) groups excluding carboxylic acids is 3. The smallest absolute Gasteiger partial charge is 0.330 e. The molecule has 2 amide bonds. The van der Waals surface area contributed by atoms with Gasteiger partial charge in [0, 0.05) is 0 Å². The lowest BCUT2D eigenvalue weighted by molar-refractivity contribution is -0.168. The second-order valence-electron chi connectivity index (χ2n) is 4.03. The first-order chi connectivity index (χ1) is 9.29. The van der Waals surface area contributed by atoms with Gasteiger partial charge in [-0.25, -0.2) is 18.4 Å². The second-order valence-corrected chi connectivity index (χ2v) is 5.76. The highest BCUT2D eigenvalue weighted by atomic mass is 32.2. The van der Waals surface area contributed by atoms with E-state index >= 15 is 0 Å². The minimum Gasteiger partial charge on any atom is -0.330 e. The van der Waals surface area contributed by atoms with E-state index < -0.39 is 40.0 Å². The van der Waals surface area contributed by atoms with Crippen LogP contribution < -0.4 is 5.14 Å². The zero-order valence-electron chi connectivity index (χ0n) is 10.1. The first-order valence-corrected chi connectivity index (χ1v) is 7.20. The summed E-state index contributed by atoms with van der Waals surface area (Å²) in [5.74, 6) is -3.20. The molecule has 0 spiro atoms. The largest absolute Gasteiger partial charge is 0.334 e. The SMILES string of the molecule is NS(=O)(=O)CCC(=O)ON1C(=O)c2ccccc2C1=O. The van der Waals surface area contributed by atoms with Gasteiger partial charge in [0.1, 0.15) is 0 Å². The summed E-state index contributed by atoms with van der Waals surface area (Å²) in [6, 6.07) is 5.98. The Bertz CT molecular complexity index is 662. The predicted molar refractivity (Wildman–Crippen MR) is 65.6 cm³/mol. The van der Waals surface area contributed by atoms with Gasteiger partial charge in [-0.2, -0.15) is 0 Å². The molecule has 0 bridgehead atoms. The van der Waals surface area contributed by atoms with Crippen molar-refractivity contribution in [2.24, 2.45) is 5.14 Å². The van der Waals surface area contributed by atoms with Gasteiger partial charge in [0.05, 0.1) is 23.3 Å². The van der Waals surface area contributed by atoms with Gasteiger partial charge in [0.25, 0.3) is 11.8 Å². The van der Waals surface area contributed by atoms with E-state index in [1.807, 2.05) is 0 Å². The molecule has 1 aliphatic heterocycles. The molecule has 2 rings (SSSR count). The maximum absolute atomic E-state index is 11.8. The van der Waals surface area contributed by atoms with E-state index in [4.69, 9.17) is 5.14 Å². The van der Waals surface area contributed by atoms with E-state index in [-0.39, 0.29) is 11.1 Å². The number of fused-ring (bicyclic) bond motifs is 1. The summed E-state index contributed by atoms with van der Waals surface area (Å²) < 4.78 is 21.4. The van der Waals surface area contributed by atoms with Crippen LogP contribution in [0, 0.1) is 0 Å². The first-order valence-electron chi connectivity index (χ1n) is 5.48. The first kappa shape index (κ1) is 14.2. The van der Waals surface area contributed by atoms with E-state index in [2.05, 4.69) is 4.84 Å². The fourth-order valence-electron chi connectivity index (χ4n) is 1.62. The van der Waals surface area contributed by atoms with Crippen molar-refractivity contribution in [3.05, 3.63) is 35.4 Å². The van der Waals surface area contributed by atoms with Gasteiger partial charge in [-0.3, -0.25) is 9.59 Å². The molecule has 0 unspecified atom stereocenters. The van der Waals surface area contributed by atoms with Gasteiger partial charge in [-0.1, -0.05) is 17.2 Å². The number of amides is 2. The molecule has 1 aliphatic rings. The number of sulfonamides is 1. The van der Waals surface area contributed by atoms with Crippen LogP contribution >= 0.6 is 0 Å². The molecule has 1 heterocycles. The molecule has 20 heavy (non-hydrogen) atoms. The van der Waals surface area contributed by atoms with Crippen LogP contribution in [0.15, 0.2) is 24.3 Å². The van der Waals surface area contributed by atoms with Crippen molar-refractivity contribution in [2.45, 2.75) is 6.42 Å². The van der Waals surface area contributed by atoms with E-state index in [0.29, 0.717) is 5.06 Å². The Kier molecular flexibility index (Phi) is 3.55. The van der Waals surface area contributed by atoms with Crippen molar-refractivity contribution in [1.29, 1.82) is 0 Å². The molecule has 2 N–H and O–H groups in total. The van der Waals surface area contributed by atoms with Crippen LogP contribution in [0.1, 0.15) is 27.1 Å². The molecular formula is C11H10N2O6S. The molecule has 1 aromatic carbocycles.